The minimum absolute atomic E-state index is 0.227. The van der Waals surface area contributed by atoms with E-state index in [4.69, 9.17) is 17.1 Å². The number of halogens is 1. The van der Waals surface area contributed by atoms with Crippen molar-refractivity contribution in [3.8, 4) is 0 Å². The number of nitrogens with zero attached hydrogens (tertiary/aromatic N) is 3. The average molecular weight is 239 g/mol. The molecule has 1 aromatic rings. The number of rotatable bonds is 4. The van der Waals surface area contributed by atoms with E-state index < -0.39 is 0 Å². The summed E-state index contributed by atoms with van der Waals surface area (Å²) in [6, 6.07) is 5.09. The monoisotopic (exact) mass is 238 g/mol. The molecule has 1 rings (SSSR count). The maximum Gasteiger partial charge on any atom is 0.251 e. The fourth-order valence-electron chi connectivity index (χ4n) is 1.10. The number of hydrogen-bond acceptors (Lipinski definition) is 2. The maximum absolute atomic E-state index is 11.6. The Labute approximate surface area is 98.0 Å². The summed E-state index contributed by atoms with van der Waals surface area (Å²) in [5, 5.41) is 6.48. The van der Waals surface area contributed by atoms with Gasteiger partial charge in [0.05, 0.1) is 0 Å². The topological polar surface area (TPSA) is 77.9 Å². The summed E-state index contributed by atoms with van der Waals surface area (Å²) in [6.07, 6.45) is 0. The van der Waals surface area contributed by atoms with Crippen molar-refractivity contribution in [1.82, 2.24) is 5.32 Å². The second kappa shape index (κ2) is 6.00. The normalized spacial score (nSPS) is 9.38. The van der Waals surface area contributed by atoms with Crippen molar-refractivity contribution in [2.24, 2.45) is 5.11 Å². The van der Waals surface area contributed by atoms with Crippen LogP contribution in [0.5, 0.6) is 0 Å². The number of hydrogen-bond donors (Lipinski definition) is 1. The zero-order valence-electron chi connectivity index (χ0n) is 8.77. The third-order valence-corrected chi connectivity index (χ3v) is 2.40. The molecule has 0 aliphatic rings. The largest absolute Gasteiger partial charge is 0.352 e. The molecule has 0 saturated carbocycles. The van der Waals surface area contributed by atoms with Crippen molar-refractivity contribution in [3.63, 3.8) is 0 Å². The zero-order chi connectivity index (χ0) is 12.0. The van der Waals surface area contributed by atoms with Crippen LogP contribution >= 0.6 is 11.6 Å². The van der Waals surface area contributed by atoms with E-state index in [2.05, 4.69) is 15.3 Å². The molecule has 1 aromatic carbocycles. The maximum atomic E-state index is 11.6. The molecule has 0 heterocycles. The average Bonchev–Trinajstić information content (AvgIpc) is 2.28. The number of azide groups is 1. The number of carbonyl (C=O) groups is 1. The molecule has 0 aromatic heterocycles. The Balaban J connectivity index is 2.59. The van der Waals surface area contributed by atoms with Gasteiger partial charge >= 0.3 is 0 Å². The highest BCUT2D eigenvalue weighted by molar-refractivity contribution is 6.31. The molecule has 0 aliphatic carbocycles. The summed E-state index contributed by atoms with van der Waals surface area (Å²) in [4.78, 5) is 14.2. The number of aryl methyl sites for hydroxylation is 1. The molecule has 0 bridgehead atoms. The fourth-order valence-corrected chi connectivity index (χ4v) is 1.28. The summed E-state index contributed by atoms with van der Waals surface area (Å²) in [5.74, 6) is -0.227. The van der Waals surface area contributed by atoms with E-state index in [-0.39, 0.29) is 12.5 Å². The van der Waals surface area contributed by atoms with Gasteiger partial charge in [-0.05, 0) is 30.2 Å². The molecule has 0 saturated heterocycles. The fraction of sp³-hybridized carbons (Fsp3) is 0.300. The van der Waals surface area contributed by atoms with Crippen molar-refractivity contribution < 1.29 is 4.79 Å². The smallest absolute Gasteiger partial charge is 0.251 e. The van der Waals surface area contributed by atoms with Crippen LogP contribution < -0.4 is 5.32 Å². The number of benzene rings is 1. The quantitative estimate of drug-likeness (QED) is 0.372. The molecule has 6 heteroatoms. The molecule has 0 aliphatic heterocycles. The second-order valence-electron chi connectivity index (χ2n) is 3.17. The van der Waals surface area contributed by atoms with Gasteiger partial charge in [-0.2, -0.15) is 0 Å². The molecule has 0 radical (unpaired) electrons. The van der Waals surface area contributed by atoms with Gasteiger partial charge in [-0.1, -0.05) is 22.8 Å². The minimum Gasteiger partial charge on any atom is -0.352 e. The molecule has 0 atom stereocenters. The van der Waals surface area contributed by atoms with E-state index in [1.165, 1.54) is 0 Å². The molecule has 1 amide bonds. The Bertz CT molecular complexity index is 440. The lowest BCUT2D eigenvalue weighted by Crippen LogP contribution is -2.25. The van der Waals surface area contributed by atoms with Gasteiger partial charge in [-0.15, -0.1) is 0 Å². The van der Waals surface area contributed by atoms with Gasteiger partial charge in [-0.25, -0.2) is 0 Å². The Morgan fingerprint density at radius 1 is 1.62 bits per heavy atom. The van der Waals surface area contributed by atoms with Gasteiger partial charge in [0.2, 0.25) is 0 Å². The third kappa shape index (κ3) is 3.46. The predicted molar refractivity (Wildman–Crippen MR) is 62.5 cm³/mol. The lowest BCUT2D eigenvalue weighted by atomic mass is 10.1. The molecule has 1 N–H and O–H groups in total. The number of amides is 1. The van der Waals surface area contributed by atoms with Crippen LogP contribution in [0.1, 0.15) is 15.9 Å². The van der Waals surface area contributed by atoms with E-state index in [0.29, 0.717) is 17.1 Å². The van der Waals surface area contributed by atoms with Crippen LogP contribution in [0.4, 0.5) is 0 Å². The first-order chi connectivity index (χ1) is 7.65. The molecular weight excluding hydrogens is 228 g/mol. The minimum atomic E-state index is -0.227. The van der Waals surface area contributed by atoms with Gasteiger partial charge in [0.25, 0.3) is 5.91 Å². The SMILES string of the molecule is Cc1ccc(C(=O)NCCN=[N+]=[N-])cc1Cl. The third-order valence-electron chi connectivity index (χ3n) is 1.99. The predicted octanol–water partition coefficient (Wildman–Crippen LogP) is 2.69. The Morgan fingerprint density at radius 2 is 2.38 bits per heavy atom. The molecule has 5 nitrogen and oxygen atoms in total. The number of nitrogens with one attached hydrogen (secondary N) is 1. The summed E-state index contributed by atoms with van der Waals surface area (Å²) in [7, 11) is 0. The molecule has 84 valence electrons. The lowest BCUT2D eigenvalue weighted by molar-refractivity contribution is 0.0955. The summed E-state index contributed by atoms with van der Waals surface area (Å²) in [5.41, 5.74) is 9.46. The number of carbonyl (C=O) groups excluding carboxylic acids is 1. The van der Waals surface area contributed by atoms with Gasteiger partial charge in [0.15, 0.2) is 0 Å². The van der Waals surface area contributed by atoms with Crippen molar-refractivity contribution in [1.29, 1.82) is 0 Å². The first-order valence-electron chi connectivity index (χ1n) is 4.70. The van der Waals surface area contributed by atoms with Gasteiger partial charge in [-0.3, -0.25) is 4.79 Å². The van der Waals surface area contributed by atoms with Crippen LogP contribution in [0.25, 0.3) is 10.4 Å². The standard InChI is InChI=1S/C10H11ClN4O/c1-7-2-3-8(6-9(7)11)10(16)13-4-5-14-15-12/h2-3,6H,4-5H2,1H3,(H,13,16). The van der Waals surface area contributed by atoms with Crippen LogP contribution in [0, 0.1) is 6.92 Å². The van der Waals surface area contributed by atoms with Crippen LogP contribution in [-0.4, -0.2) is 19.0 Å². The Morgan fingerprint density at radius 3 is 3.00 bits per heavy atom. The van der Waals surface area contributed by atoms with Crippen LogP contribution in [0.15, 0.2) is 23.3 Å². The van der Waals surface area contributed by atoms with E-state index in [0.717, 1.165) is 5.56 Å². The van der Waals surface area contributed by atoms with Crippen molar-refractivity contribution in [2.75, 3.05) is 13.1 Å². The van der Waals surface area contributed by atoms with E-state index in [9.17, 15) is 4.79 Å². The van der Waals surface area contributed by atoms with Gasteiger partial charge in [0.1, 0.15) is 0 Å². The second-order valence-corrected chi connectivity index (χ2v) is 3.58. The van der Waals surface area contributed by atoms with Gasteiger partial charge < -0.3 is 5.32 Å². The zero-order valence-corrected chi connectivity index (χ0v) is 9.53. The van der Waals surface area contributed by atoms with E-state index in [1.54, 1.807) is 18.2 Å². The van der Waals surface area contributed by atoms with Crippen molar-refractivity contribution >= 4 is 17.5 Å². The lowest BCUT2D eigenvalue weighted by Gasteiger charge is -2.04. The van der Waals surface area contributed by atoms with Gasteiger partial charge in [0, 0.05) is 28.6 Å². The Kier molecular flexibility index (Phi) is 4.64. The van der Waals surface area contributed by atoms with Crippen molar-refractivity contribution in [3.05, 3.63) is 44.8 Å². The van der Waals surface area contributed by atoms with E-state index in [1.807, 2.05) is 6.92 Å². The first kappa shape index (κ1) is 12.4. The molecule has 0 fully saturated rings. The molecule has 0 spiro atoms. The molecule has 0 unspecified atom stereocenters. The molecular formula is C10H11ClN4O. The first-order valence-corrected chi connectivity index (χ1v) is 5.08. The molecule has 16 heavy (non-hydrogen) atoms. The summed E-state index contributed by atoms with van der Waals surface area (Å²) < 4.78 is 0. The summed E-state index contributed by atoms with van der Waals surface area (Å²) in [6.45, 7) is 2.42. The van der Waals surface area contributed by atoms with Crippen LogP contribution in [0.3, 0.4) is 0 Å². The highest BCUT2D eigenvalue weighted by Gasteiger charge is 2.05. The van der Waals surface area contributed by atoms with Crippen molar-refractivity contribution in [2.45, 2.75) is 6.92 Å². The van der Waals surface area contributed by atoms with Crippen LogP contribution in [-0.2, 0) is 0 Å². The Hall–Kier alpha value is -1.71. The highest BCUT2D eigenvalue weighted by Crippen LogP contribution is 2.16. The van der Waals surface area contributed by atoms with E-state index >= 15 is 0 Å². The highest BCUT2D eigenvalue weighted by atomic mass is 35.5. The summed E-state index contributed by atoms with van der Waals surface area (Å²) >= 11 is 5.90. The van der Waals surface area contributed by atoms with Crippen LogP contribution in [0.2, 0.25) is 5.02 Å².